The topological polar surface area (TPSA) is 82.6 Å². The molecular formula is C16H14BrN3O4S2. The van der Waals surface area contributed by atoms with Gasteiger partial charge in [0, 0.05) is 17.1 Å². The van der Waals surface area contributed by atoms with Crippen LogP contribution in [0.25, 0.3) is 10.7 Å². The standard InChI is InChI=1S/C16H14BrN3O4S2/c1-22-9-6-8(7-10(23-2)13(9)24-3)15(21)19-16-18-14(20-26-16)11-4-5-12(17)25-11/h4-7H,1-3H3,(H,18,19,20,21). The summed E-state index contributed by atoms with van der Waals surface area (Å²) in [5.74, 6) is 1.45. The molecule has 0 radical (unpaired) electrons. The molecule has 1 aromatic carbocycles. The van der Waals surface area contributed by atoms with Gasteiger partial charge in [-0.2, -0.15) is 9.36 Å². The van der Waals surface area contributed by atoms with Gasteiger partial charge >= 0.3 is 0 Å². The van der Waals surface area contributed by atoms with E-state index in [2.05, 4.69) is 30.6 Å². The number of carbonyl (C=O) groups is 1. The minimum absolute atomic E-state index is 0.348. The van der Waals surface area contributed by atoms with Crippen molar-refractivity contribution in [3.63, 3.8) is 0 Å². The molecule has 2 aromatic heterocycles. The minimum Gasteiger partial charge on any atom is -0.493 e. The van der Waals surface area contributed by atoms with Crippen molar-refractivity contribution in [1.82, 2.24) is 9.36 Å². The van der Waals surface area contributed by atoms with E-state index in [1.54, 1.807) is 12.1 Å². The summed E-state index contributed by atoms with van der Waals surface area (Å²) < 4.78 is 21.1. The lowest BCUT2D eigenvalue weighted by molar-refractivity contribution is 0.102. The monoisotopic (exact) mass is 455 g/mol. The highest BCUT2D eigenvalue weighted by atomic mass is 79.9. The second kappa shape index (κ2) is 8.02. The quantitative estimate of drug-likeness (QED) is 0.596. The van der Waals surface area contributed by atoms with Gasteiger partial charge in [0.1, 0.15) is 0 Å². The fourth-order valence-corrected chi connectivity index (χ4v) is 4.15. The van der Waals surface area contributed by atoms with Gasteiger partial charge in [-0.25, -0.2) is 0 Å². The van der Waals surface area contributed by atoms with Crippen LogP contribution in [0.1, 0.15) is 10.4 Å². The Labute approximate surface area is 166 Å². The molecule has 0 aliphatic carbocycles. The van der Waals surface area contributed by atoms with Gasteiger partial charge in [0.2, 0.25) is 10.9 Å². The van der Waals surface area contributed by atoms with Gasteiger partial charge in [-0.3, -0.25) is 10.1 Å². The van der Waals surface area contributed by atoms with E-state index in [0.29, 0.717) is 33.8 Å². The number of ether oxygens (including phenoxy) is 3. The third-order valence-electron chi connectivity index (χ3n) is 3.37. The maximum Gasteiger partial charge on any atom is 0.257 e. The number of thiophene rings is 1. The largest absolute Gasteiger partial charge is 0.493 e. The molecule has 26 heavy (non-hydrogen) atoms. The van der Waals surface area contributed by atoms with Crippen LogP contribution in [0.2, 0.25) is 0 Å². The molecule has 1 amide bonds. The van der Waals surface area contributed by atoms with Crippen molar-refractivity contribution in [2.24, 2.45) is 0 Å². The first-order valence-corrected chi connectivity index (χ1v) is 9.64. The SMILES string of the molecule is COc1cc(C(=O)Nc2nc(-c3ccc(Br)s3)ns2)cc(OC)c1OC. The summed E-state index contributed by atoms with van der Waals surface area (Å²) in [6.45, 7) is 0. The Morgan fingerprint density at radius 3 is 2.35 bits per heavy atom. The van der Waals surface area contributed by atoms with Gasteiger partial charge in [0.15, 0.2) is 17.3 Å². The fourth-order valence-electron chi connectivity index (χ4n) is 2.19. The van der Waals surface area contributed by atoms with E-state index in [1.807, 2.05) is 12.1 Å². The second-order valence-electron chi connectivity index (χ2n) is 4.90. The molecule has 0 saturated heterocycles. The van der Waals surface area contributed by atoms with Crippen LogP contribution in [-0.2, 0) is 0 Å². The van der Waals surface area contributed by atoms with Gasteiger partial charge in [0.25, 0.3) is 5.91 Å². The highest BCUT2D eigenvalue weighted by Gasteiger charge is 2.18. The zero-order valence-electron chi connectivity index (χ0n) is 14.0. The number of amides is 1. The Hall–Kier alpha value is -2.17. The molecule has 3 rings (SSSR count). The summed E-state index contributed by atoms with van der Waals surface area (Å²) in [4.78, 5) is 17.8. The van der Waals surface area contributed by atoms with Crippen molar-refractivity contribution < 1.29 is 19.0 Å². The van der Waals surface area contributed by atoms with E-state index in [0.717, 1.165) is 20.2 Å². The normalized spacial score (nSPS) is 10.5. The Kier molecular flexibility index (Phi) is 5.74. The molecule has 0 unspecified atom stereocenters. The molecule has 3 aromatic rings. The van der Waals surface area contributed by atoms with Crippen molar-refractivity contribution >= 4 is 49.8 Å². The molecule has 0 spiro atoms. The molecule has 10 heteroatoms. The molecule has 0 fully saturated rings. The molecule has 0 bridgehead atoms. The van der Waals surface area contributed by atoms with E-state index in [1.165, 1.54) is 32.7 Å². The maximum absolute atomic E-state index is 12.6. The predicted octanol–water partition coefficient (Wildman–Crippen LogP) is 4.31. The minimum atomic E-state index is -0.348. The highest BCUT2D eigenvalue weighted by Crippen LogP contribution is 2.38. The summed E-state index contributed by atoms with van der Waals surface area (Å²) in [7, 11) is 4.50. The van der Waals surface area contributed by atoms with E-state index >= 15 is 0 Å². The maximum atomic E-state index is 12.6. The summed E-state index contributed by atoms with van der Waals surface area (Å²) in [6.07, 6.45) is 0. The Morgan fingerprint density at radius 1 is 1.12 bits per heavy atom. The average molecular weight is 456 g/mol. The third-order valence-corrected chi connectivity index (χ3v) is 5.62. The summed E-state index contributed by atoms with van der Waals surface area (Å²) in [5, 5.41) is 3.15. The summed E-state index contributed by atoms with van der Waals surface area (Å²) in [6, 6.07) is 7.00. The molecule has 0 aliphatic rings. The average Bonchev–Trinajstić information content (AvgIpc) is 3.29. The molecular weight excluding hydrogens is 442 g/mol. The number of benzene rings is 1. The number of hydrogen-bond donors (Lipinski definition) is 1. The first-order valence-electron chi connectivity index (χ1n) is 7.26. The lowest BCUT2D eigenvalue weighted by Crippen LogP contribution is -2.12. The van der Waals surface area contributed by atoms with Crippen molar-refractivity contribution in [3.8, 4) is 28.0 Å². The summed E-state index contributed by atoms with van der Waals surface area (Å²) >= 11 is 6.05. The van der Waals surface area contributed by atoms with E-state index in [-0.39, 0.29) is 5.91 Å². The highest BCUT2D eigenvalue weighted by molar-refractivity contribution is 9.11. The first kappa shape index (κ1) is 18.6. The fraction of sp³-hybridized carbons (Fsp3) is 0.188. The predicted molar refractivity (Wildman–Crippen MR) is 105 cm³/mol. The molecule has 0 atom stereocenters. The number of anilines is 1. The van der Waals surface area contributed by atoms with Crippen LogP contribution in [0, 0.1) is 0 Å². The van der Waals surface area contributed by atoms with E-state index in [9.17, 15) is 4.79 Å². The van der Waals surface area contributed by atoms with Crippen LogP contribution in [-0.4, -0.2) is 36.6 Å². The third kappa shape index (κ3) is 3.81. The smallest absolute Gasteiger partial charge is 0.257 e. The second-order valence-corrected chi connectivity index (χ2v) is 8.11. The van der Waals surface area contributed by atoms with Crippen LogP contribution in [0.15, 0.2) is 28.1 Å². The number of hydrogen-bond acceptors (Lipinski definition) is 8. The molecule has 136 valence electrons. The van der Waals surface area contributed by atoms with Crippen LogP contribution in [0.3, 0.4) is 0 Å². The van der Waals surface area contributed by atoms with Crippen LogP contribution in [0.5, 0.6) is 17.2 Å². The molecule has 1 N–H and O–H groups in total. The first-order chi connectivity index (χ1) is 12.5. The number of carbonyl (C=O) groups excluding carboxylic acids is 1. The Bertz CT molecular complexity index is 916. The lowest BCUT2D eigenvalue weighted by Gasteiger charge is -2.13. The van der Waals surface area contributed by atoms with E-state index < -0.39 is 0 Å². The van der Waals surface area contributed by atoms with Crippen LogP contribution < -0.4 is 19.5 Å². The van der Waals surface area contributed by atoms with Gasteiger partial charge in [-0.15, -0.1) is 11.3 Å². The number of rotatable bonds is 6. The van der Waals surface area contributed by atoms with Crippen molar-refractivity contribution in [3.05, 3.63) is 33.6 Å². The lowest BCUT2D eigenvalue weighted by atomic mass is 10.1. The number of methoxy groups -OCH3 is 3. The molecule has 0 saturated carbocycles. The zero-order valence-corrected chi connectivity index (χ0v) is 17.3. The van der Waals surface area contributed by atoms with Crippen molar-refractivity contribution in [1.29, 1.82) is 0 Å². The number of nitrogens with one attached hydrogen (secondary N) is 1. The van der Waals surface area contributed by atoms with Gasteiger partial charge in [-0.05, 0) is 40.2 Å². The zero-order chi connectivity index (χ0) is 18.7. The Morgan fingerprint density at radius 2 is 1.81 bits per heavy atom. The van der Waals surface area contributed by atoms with Gasteiger partial charge in [0.05, 0.1) is 30.0 Å². The van der Waals surface area contributed by atoms with Crippen molar-refractivity contribution in [2.75, 3.05) is 26.6 Å². The number of aromatic nitrogens is 2. The number of nitrogens with zero attached hydrogens (tertiary/aromatic N) is 2. The Balaban J connectivity index is 1.83. The summed E-state index contributed by atoms with van der Waals surface area (Å²) in [5.41, 5.74) is 0.357. The van der Waals surface area contributed by atoms with E-state index in [4.69, 9.17) is 14.2 Å². The van der Waals surface area contributed by atoms with Gasteiger partial charge < -0.3 is 14.2 Å². The molecule has 2 heterocycles. The molecule has 7 nitrogen and oxygen atoms in total. The molecule has 0 aliphatic heterocycles. The van der Waals surface area contributed by atoms with Crippen LogP contribution in [0.4, 0.5) is 5.13 Å². The number of halogens is 1. The van der Waals surface area contributed by atoms with Crippen molar-refractivity contribution in [2.45, 2.75) is 0 Å². The van der Waals surface area contributed by atoms with Gasteiger partial charge in [-0.1, -0.05) is 0 Å². The van der Waals surface area contributed by atoms with Crippen LogP contribution >= 0.6 is 38.8 Å².